The minimum Gasteiger partial charge on any atom is -0.487 e. The summed E-state index contributed by atoms with van der Waals surface area (Å²) in [5.41, 5.74) is 7.08. The fourth-order valence-electron chi connectivity index (χ4n) is 3.35. The van der Waals surface area contributed by atoms with Gasteiger partial charge in [0.25, 0.3) is 0 Å². The van der Waals surface area contributed by atoms with Crippen LogP contribution in [0.2, 0.25) is 0 Å². The number of aromatic nitrogens is 4. The topological polar surface area (TPSA) is 73.1 Å². The summed E-state index contributed by atoms with van der Waals surface area (Å²) in [6.07, 6.45) is 7.34. The van der Waals surface area contributed by atoms with Gasteiger partial charge in [0.1, 0.15) is 18.1 Å². The number of rotatable bonds is 7. The van der Waals surface area contributed by atoms with Gasteiger partial charge in [0.2, 0.25) is 0 Å². The highest BCUT2D eigenvalue weighted by Crippen LogP contribution is 2.31. The van der Waals surface area contributed by atoms with Gasteiger partial charge in [-0.3, -0.25) is 14.6 Å². The zero-order chi connectivity index (χ0) is 20.9. The summed E-state index contributed by atoms with van der Waals surface area (Å²) >= 11 is 0. The Morgan fingerprint density at radius 3 is 2.47 bits per heavy atom. The summed E-state index contributed by atoms with van der Waals surface area (Å²) in [6, 6.07) is 13.9. The van der Waals surface area contributed by atoms with E-state index in [0.717, 1.165) is 45.0 Å². The zero-order valence-corrected chi connectivity index (χ0v) is 17.1. The molecule has 3 heterocycles. The number of pyridine rings is 2. The number of benzene rings is 1. The molecule has 0 saturated carbocycles. The fourth-order valence-corrected chi connectivity index (χ4v) is 3.35. The van der Waals surface area contributed by atoms with Crippen LogP contribution in [-0.2, 0) is 13.2 Å². The van der Waals surface area contributed by atoms with Gasteiger partial charge in [-0.25, -0.2) is 0 Å². The van der Waals surface area contributed by atoms with Crippen molar-refractivity contribution in [2.24, 2.45) is 0 Å². The number of nitrogens with zero attached hydrogens (tertiary/aromatic N) is 4. The highest BCUT2D eigenvalue weighted by Gasteiger charge is 2.13. The molecule has 6 nitrogen and oxygen atoms in total. The summed E-state index contributed by atoms with van der Waals surface area (Å²) in [5.74, 6) is 0.778. The summed E-state index contributed by atoms with van der Waals surface area (Å²) in [5, 5.41) is 14.0. The molecule has 1 N–H and O–H groups in total. The maximum absolute atomic E-state index is 9.29. The van der Waals surface area contributed by atoms with Crippen molar-refractivity contribution >= 4 is 0 Å². The van der Waals surface area contributed by atoms with Crippen molar-refractivity contribution in [3.63, 3.8) is 0 Å². The molecule has 4 rings (SSSR count). The third kappa shape index (κ3) is 4.39. The van der Waals surface area contributed by atoms with Crippen molar-refractivity contribution in [3.05, 3.63) is 84.1 Å². The monoisotopic (exact) mass is 400 g/mol. The average Bonchev–Trinajstić information content (AvgIpc) is 3.18. The first-order valence-electron chi connectivity index (χ1n) is 9.88. The molecule has 3 aromatic heterocycles. The molecule has 0 aliphatic rings. The third-order valence-electron chi connectivity index (χ3n) is 4.91. The molecule has 0 aliphatic heterocycles. The molecule has 0 radical (unpaired) electrons. The lowest BCUT2D eigenvalue weighted by Gasteiger charge is -2.09. The van der Waals surface area contributed by atoms with E-state index in [-0.39, 0.29) is 6.61 Å². The van der Waals surface area contributed by atoms with E-state index < -0.39 is 0 Å². The van der Waals surface area contributed by atoms with Crippen molar-refractivity contribution in [2.75, 3.05) is 6.61 Å². The van der Waals surface area contributed by atoms with Gasteiger partial charge in [0.05, 0.1) is 18.8 Å². The van der Waals surface area contributed by atoms with E-state index in [2.05, 4.69) is 21.1 Å². The van der Waals surface area contributed by atoms with Gasteiger partial charge in [-0.05, 0) is 66.9 Å². The van der Waals surface area contributed by atoms with E-state index in [1.165, 1.54) is 0 Å². The van der Waals surface area contributed by atoms with Crippen LogP contribution in [0.25, 0.3) is 22.4 Å². The van der Waals surface area contributed by atoms with Crippen molar-refractivity contribution in [2.45, 2.75) is 27.0 Å². The smallest absolute Gasteiger partial charge is 0.130 e. The van der Waals surface area contributed by atoms with E-state index >= 15 is 0 Å². The van der Waals surface area contributed by atoms with Gasteiger partial charge >= 0.3 is 0 Å². The first kappa shape index (κ1) is 19.8. The number of ether oxygens (including phenoxy) is 1. The Labute approximate surface area is 175 Å². The van der Waals surface area contributed by atoms with Crippen LogP contribution >= 0.6 is 0 Å². The summed E-state index contributed by atoms with van der Waals surface area (Å²) < 4.78 is 7.70. The molecular weight excluding hydrogens is 376 g/mol. The standard InChI is InChI=1S/C24H24N4O2/c1-17-13-18(2)23(26-14-17)16-30-21-5-3-20(4-6-21)24-22(15-28(27-24)11-12-29)19-7-9-25-10-8-19/h3-10,13-15,29H,11-12,16H2,1-2H3. The van der Waals surface area contributed by atoms with Crippen molar-refractivity contribution < 1.29 is 9.84 Å². The number of hydrogen-bond acceptors (Lipinski definition) is 5. The molecule has 0 aliphatic carbocycles. The average molecular weight is 400 g/mol. The minimum atomic E-state index is 0.0378. The Kier molecular flexibility index (Phi) is 5.86. The minimum absolute atomic E-state index is 0.0378. The Balaban J connectivity index is 1.56. The Morgan fingerprint density at radius 2 is 1.77 bits per heavy atom. The predicted octanol–water partition coefficient (Wildman–Crippen LogP) is 4.20. The molecule has 30 heavy (non-hydrogen) atoms. The fraction of sp³-hybridized carbons (Fsp3) is 0.208. The third-order valence-corrected chi connectivity index (χ3v) is 4.91. The molecule has 4 aromatic rings. The molecule has 0 bridgehead atoms. The lowest BCUT2D eigenvalue weighted by atomic mass is 10.0. The SMILES string of the molecule is Cc1cnc(COc2ccc(-c3nn(CCO)cc3-c3ccncc3)cc2)c(C)c1. The maximum atomic E-state index is 9.29. The largest absolute Gasteiger partial charge is 0.487 e. The van der Waals surface area contributed by atoms with E-state index in [4.69, 9.17) is 4.74 Å². The van der Waals surface area contributed by atoms with E-state index in [1.807, 2.05) is 62.6 Å². The molecule has 6 heteroatoms. The second kappa shape index (κ2) is 8.88. The molecule has 152 valence electrons. The molecule has 0 fully saturated rings. The van der Waals surface area contributed by atoms with Gasteiger partial charge in [-0.2, -0.15) is 5.10 Å². The van der Waals surface area contributed by atoms with Gasteiger partial charge < -0.3 is 9.84 Å². The Morgan fingerprint density at radius 1 is 1.00 bits per heavy atom. The van der Waals surface area contributed by atoms with E-state index in [1.54, 1.807) is 17.1 Å². The lowest BCUT2D eigenvalue weighted by Crippen LogP contribution is -2.02. The van der Waals surface area contributed by atoms with Crippen LogP contribution in [-0.4, -0.2) is 31.5 Å². The molecule has 0 atom stereocenters. The molecule has 1 aromatic carbocycles. The maximum Gasteiger partial charge on any atom is 0.130 e. The molecule has 0 unspecified atom stereocenters. The molecule has 0 spiro atoms. The highest BCUT2D eigenvalue weighted by molar-refractivity contribution is 5.80. The number of aliphatic hydroxyl groups excluding tert-OH is 1. The van der Waals surface area contributed by atoms with Crippen molar-refractivity contribution in [1.29, 1.82) is 0 Å². The summed E-state index contributed by atoms with van der Waals surface area (Å²) in [4.78, 5) is 8.56. The van der Waals surface area contributed by atoms with Crippen LogP contribution in [0.15, 0.2) is 67.3 Å². The zero-order valence-electron chi connectivity index (χ0n) is 17.1. The first-order chi connectivity index (χ1) is 14.6. The summed E-state index contributed by atoms with van der Waals surface area (Å²) in [6.45, 7) is 4.99. The van der Waals surface area contributed by atoms with Gasteiger partial charge in [-0.15, -0.1) is 0 Å². The van der Waals surface area contributed by atoms with Crippen LogP contribution in [0.1, 0.15) is 16.8 Å². The van der Waals surface area contributed by atoms with Crippen LogP contribution in [0.5, 0.6) is 5.75 Å². The van der Waals surface area contributed by atoms with E-state index in [9.17, 15) is 5.11 Å². The Bertz CT molecular complexity index is 1120. The van der Waals surface area contributed by atoms with E-state index in [0.29, 0.717) is 13.2 Å². The van der Waals surface area contributed by atoms with Gasteiger partial charge in [0.15, 0.2) is 0 Å². The van der Waals surface area contributed by atoms with Crippen LogP contribution in [0.3, 0.4) is 0 Å². The Hall–Kier alpha value is -3.51. The quantitative estimate of drug-likeness (QED) is 0.503. The van der Waals surface area contributed by atoms with Crippen molar-refractivity contribution in [3.8, 4) is 28.1 Å². The molecular formula is C24H24N4O2. The summed E-state index contributed by atoms with van der Waals surface area (Å²) in [7, 11) is 0. The second-order valence-electron chi connectivity index (χ2n) is 7.20. The van der Waals surface area contributed by atoms with Gasteiger partial charge in [0, 0.05) is 35.9 Å². The number of aryl methyl sites for hydroxylation is 2. The number of hydrogen-bond donors (Lipinski definition) is 1. The second-order valence-corrected chi connectivity index (χ2v) is 7.20. The van der Waals surface area contributed by atoms with Crippen LogP contribution < -0.4 is 4.74 Å². The number of aliphatic hydroxyl groups is 1. The van der Waals surface area contributed by atoms with Gasteiger partial charge in [-0.1, -0.05) is 6.07 Å². The first-order valence-corrected chi connectivity index (χ1v) is 9.88. The van der Waals surface area contributed by atoms with Crippen LogP contribution in [0.4, 0.5) is 0 Å². The normalized spacial score (nSPS) is 10.9. The predicted molar refractivity (Wildman–Crippen MR) is 116 cm³/mol. The molecule has 0 saturated heterocycles. The highest BCUT2D eigenvalue weighted by atomic mass is 16.5. The lowest BCUT2D eigenvalue weighted by molar-refractivity contribution is 0.269. The van der Waals surface area contributed by atoms with Crippen molar-refractivity contribution in [1.82, 2.24) is 19.7 Å². The van der Waals surface area contributed by atoms with Crippen LogP contribution in [0, 0.1) is 13.8 Å². The molecule has 0 amide bonds.